The number of carbonyl (C=O) groups excluding carboxylic acids is 1. The third kappa shape index (κ3) is 6.23. The van der Waals surface area contributed by atoms with Gasteiger partial charge in [0.1, 0.15) is 17.1 Å². The molecular formula is C28H31F3N5O5P. The molecular weight excluding hydrogens is 574 g/mol. The Morgan fingerprint density at radius 3 is 2.50 bits per heavy atom. The van der Waals surface area contributed by atoms with E-state index in [0.717, 1.165) is 24.0 Å². The van der Waals surface area contributed by atoms with Crippen LogP contribution in [0.1, 0.15) is 64.2 Å². The first kappa shape index (κ1) is 29.8. The quantitative estimate of drug-likeness (QED) is 0.243. The summed E-state index contributed by atoms with van der Waals surface area (Å²) in [6.45, 7) is 0.335. The lowest BCUT2D eigenvalue weighted by atomic mass is 9.80. The van der Waals surface area contributed by atoms with Crippen LogP contribution in [0.15, 0.2) is 36.5 Å². The molecule has 0 spiro atoms. The molecule has 42 heavy (non-hydrogen) atoms. The standard InChI is InChI=1S/C28H31F3N5O5P/c1-36-13-19-18(16-4-6-17(37)7-5-16)8-10-22(24(19)26(36)38)33-25-20(28(29,30)31)12-32-27(35-25)34-21-9-3-15(14-42(39)40)11-23(21)41-2/h3,8-12,16-17,37,42H,4-7,13-14H2,1-2H3,(H,39,40)(H2,32,33,34,35). The first-order valence-corrected chi connectivity index (χ1v) is 15.0. The number of rotatable bonds is 8. The molecule has 224 valence electrons. The zero-order valence-corrected chi connectivity index (χ0v) is 24.0. The number of fused-ring (bicyclic) bond motifs is 1. The third-order valence-electron chi connectivity index (χ3n) is 7.66. The third-order valence-corrected chi connectivity index (χ3v) is 8.37. The number of aliphatic hydroxyl groups is 1. The molecule has 14 heteroatoms. The molecule has 1 amide bonds. The highest BCUT2D eigenvalue weighted by Crippen LogP contribution is 2.42. The topological polar surface area (TPSA) is 137 Å². The van der Waals surface area contributed by atoms with Crippen LogP contribution in [0.5, 0.6) is 5.75 Å². The van der Waals surface area contributed by atoms with Gasteiger partial charge in [-0.05, 0) is 66.5 Å². The van der Waals surface area contributed by atoms with E-state index in [1.165, 1.54) is 12.0 Å². The van der Waals surface area contributed by atoms with Crippen molar-refractivity contribution in [1.82, 2.24) is 14.9 Å². The Kier molecular flexibility index (Phi) is 8.45. The second-order valence-electron chi connectivity index (χ2n) is 10.5. The number of nitrogens with zero attached hydrogens (tertiary/aromatic N) is 3. The number of methoxy groups -OCH3 is 1. The van der Waals surface area contributed by atoms with Crippen LogP contribution in [-0.2, 0) is 23.4 Å². The molecule has 1 aliphatic carbocycles. The van der Waals surface area contributed by atoms with Crippen LogP contribution in [0.2, 0.25) is 0 Å². The predicted molar refractivity (Wildman–Crippen MR) is 151 cm³/mol. The summed E-state index contributed by atoms with van der Waals surface area (Å²) in [7, 11) is 0.273. The van der Waals surface area contributed by atoms with E-state index in [0.29, 0.717) is 42.4 Å². The number of hydrogen-bond acceptors (Lipinski definition) is 8. The molecule has 1 saturated carbocycles. The molecule has 0 radical (unpaired) electrons. The monoisotopic (exact) mass is 605 g/mol. The Morgan fingerprint density at radius 1 is 1.12 bits per heavy atom. The molecule has 0 saturated heterocycles. The summed E-state index contributed by atoms with van der Waals surface area (Å²) in [6.07, 6.45) is -1.67. The lowest BCUT2D eigenvalue weighted by Gasteiger charge is -2.27. The van der Waals surface area contributed by atoms with Crippen molar-refractivity contribution in [2.75, 3.05) is 24.8 Å². The number of benzene rings is 2. The van der Waals surface area contributed by atoms with Crippen molar-refractivity contribution in [3.63, 3.8) is 0 Å². The van der Waals surface area contributed by atoms with E-state index in [9.17, 15) is 32.5 Å². The molecule has 0 bridgehead atoms. The number of nitrogens with one attached hydrogen (secondary N) is 2. The molecule has 2 aromatic carbocycles. The summed E-state index contributed by atoms with van der Waals surface area (Å²) in [4.78, 5) is 31.9. The summed E-state index contributed by atoms with van der Waals surface area (Å²) >= 11 is 0. The van der Waals surface area contributed by atoms with Crippen molar-refractivity contribution in [2.45, 2.75) is 56.6 Å². The molecule has 5 rings (SSSR count). The van der Waals surface area contributed by atoms with E-state index in [1.807, 2.05) is 6.07 Å². The van der Waals surface area contributed by atoms with Crippen molar-refractivity contribution < 1.29 is 37.3 Å². The van der Waals surface area contributed by atoms with E-state index in [4.69, 9.17) is 4.74 Å². The maximum atomic E-state index is 14.0. The van der Waals surface area contributed by atoms with E-state index >= 15 is 0 Å². The molecule has 1 unspecified atom stereocenters. The van der Waals surface area contributed by atoms with Gasteiger partial charge < -0.3 is 30.3 Å². The van der Waals surface area contributed by atoms with Crippen molar-refractivity contribution in [3.05, 3.63) is 64.3 Å². The highest BCUT2D eigenvalue weighted by atomic mass is 31.1. The molecule has 3 aromatic rings. The first-order valence-electron chi connectivity index (χ1n) is 13.4. The van der Waals surface area contributed by atoms with Crippen molar-refractivity contribution in [1.29, 1.82) is 0 Å². The molecule has 10 nitrogen and oxygen atoms in total. The van der Waals surface area contributed by atoms with Crippen molar-refractivity contribution in [3.8, 4) is 5.75 Å². The van der Waals surface area contributed by atoms with Crippen LogP contribution in [0, 0.1) is 0 Å². The van der Waals surface area contributed by atoms with Gasteiger partial charge in [-0.1, -0.05) is 12.1 Å². The predicted octanol–water partition coefficient (Wildman–Crippen LogP) is 5.56. The number of amides is 1. The number of hydrogen-bond donors (Lipinski definition) is 4. The van der Waals surface area contributed by atoms with Crippen LogP contribution in [0.3, 0.4) is 0 Å². The first-order chi connectivity index (χ1) is 19.9. The zero-order chi connectivity index (χ0) is 30.2. The second-order valence-corrected chi connectivity index (χ2v) is 11.7. The van der Waals surface area contributed by atoms with Crippen LogP contribution >= 0.6 is 8.03 Å². The Labute approximate surface area is 240 Å². The average molecular weight is 606 g/mol. The minimum atomic E-state index is -4.78. The maximum Gasteiger partial charge on any atom is 0.421 e. The second kappa shape index (κ2) is 11.9. The van der Waals surface area contributed by atoms with Crippen LogP contribution in [0.25, 0.3) is 0 Å². The molecule has 1 aliphatic heterocycles. The minimum absolute atomic E-state index is 0.0497. The van der Waals surface area contributed by atoms with Gasteiger partial charge in [0.2, 0.25) is 5.95 Å². The molecule has 4 N–H and O–H groups in total. The van der Waals surface area contributed by atoms with Gasteiger partial charge in [-0.3, -0.25) is 9.36 Å². The fourth-order valence-electron chi connectivity index (χ4n) is 5.57. The fraction of sp³-hybridized carbons (Fsp3) is 0.393. The number of ether oxygens (including phenoxy) is 1. The van der Waals surface area contributed by atoms with E-state index in [1.54, 1.807) is 31.3 Å². The molecule has 1 atom stereocenters. The van der Waals surface area contributed by atoms with Gasteiger partial charge in [0.05, 0.1) is 30.2 Å². The highest BCUT2D eigenvalue weighted by molar-refractivity contribution is 7.37. The van der Waals surface area contributed by atoms with E-state index in [2.05, 4.69) is 20.6 Å². The van der Waals surface area contributed by atoms with Gasteiger partial charge >= 0.3 is 6.18 Å². The van der Waals surface area contributed by atoms with Gasteiger partial charge in [-0.25, -0.2) is 4.98 Å². The SMILES string of the molecule is COc1cc(C[PH](=O)O)ccc1Nc1ncc(C(F)(F)F)c(Nc2ccc(C3CCC(O)CC3)c3c2C(=O)N(C)C3)n1. The highest BCUT2D eigenvalue weighted by Gasteiger charge is 2.37. The van der Waals surface area contributed by atoms with Gasteiger partial charge in [-0.15, -0.1) is 0 Å². The van der Waals surface area contributed by atoms with Crippen molar-refractivity contribution >= 4 is 37.1 Å². The summed E-state index contributed by atoms with van der Waals surface area (Å²) in [5, 5.41) is 15.5. The average Bonchev–Trinajstić information content (AvgIpc) is 3.23. The van der Waals surface area contributed by atoms with Crippen molar-refractivity contribution in [2.24, 2.45) is 0 Å². The maximum absolute atomic E-state index is 14.0. The number of aliphatic hydroxyl groups excluding tert-OH is 1. The smallest absolute Gasteiger partial charge is 0.421 e. The Hall–Kier alpha value is -3.67. The number of alkyl halides is 3. The van der Waals surface area contributed by atoms with E-state index in [-0.39, 0.29) is 41.5 Å². The lowest BCUT2D eigenvalue weighted by Crippen LogP contribution is -2.18. The largest absolute Gasteiger partial charge is 0.495 e. The van der Waals surface area contributed by atoms with Gasteiger partial charge in [-0.2, -0.15) is 18.2 Å². The number of aromatic nitrogens is 2. The summed E-state index contributed by atoms with van der Waals surface area (Å²) in [5.41, 5.74) is 2.03. The zero-order valence-electron chi connectivity index (χ0n) is 23.0. The van der Waals surface area contributed by atoms with E-state index < -0.39 is 25.6 Å². The molecule has 2 heterocycles. The normalized spacial score (nSPS) is 19.4. The summed E-state index contributed by atoms with van der Waals surface area (Å²) in [6, 6.07) is 8.14. The Morgan fingerprint density at radius 2 is 1.83 bits per heavy atom. The Balaban J connectivity index is 1.50. The summed E-state index contributed by atoms with van der Waals surface area (Å²) in [5.74, 6) is -0.569. The number of halogens is 3. The fourth-order valence-corrected chi connectivity index (χ4v) is 6.14. The van der Waals surface area contributed by atoms with Crippen LogP contribution < -0.4 is 15.4 Å². The van der Waals surface area contributed by atoms with Gasteiger partial charge in [0.25, 0.3) is 5.91 Å². The van der Waals surface area contributed by atoms with Crippen LogP contribution in [-0.4, -0.2) is 51.0 Å². The lowest BCUT2D eigenvalue weighted by molar-refractivity contribution is -0.137. The van der Waals surface area contributed by atoms with Gasteiger partial charge in [0, 0.05) is 26.0 Å². The van der Waals surface area contributed by atoms with Gasteiger partial charge in [0.15, 0.2) is 8.03 Å². The number of carbonyl (C=O) groups is 1. The molecule has 1 aromatic heterocycles. The molecule has 2 aliphatic rings. The Bertz CT molecular complexity index is 1530. The minimum Gasteiger partial charge on any atom is -0.495 e. The van der Waals surface area contributed by atoms with Crippen LogP contribution in [0.4, 0.5) is 36.3 Å². The summed E-state index contributed by atoms with van der Waals surface area (Å²) < 4.78 is 58.7. The number of anilines is 4. The molecule has 1 fully saturated rings.